The number of ether oxygens (including phenoxy) is 1. The van der Waals surface area contributed by atoms with Crippen LogP contribution in [0.4, 0.5) is 0 Å². The van der Waals surface area contributed by atoms with Gasteiger partial charge in [0.2, 0.25) is 0 Å². The van der Waals surface area contributed by atoms with E-state index in [1.165, 1.54) is 17.6 Å². The van der Waals surface area contributed by atoms with Crippen molar-refractivity contribution in [3.8, 4) is 5.75 Å². The molecule has 0 spiro atoms. The van der Waals surface area contributed by atoms with E-state index in [2.05, 4.69) is 33.1 Å². The van der Waals surface area contributed by atoms with E-state index >= 15 is 0 Å². The molecule has 1 aromatic heterocycles. The highest BCUT2D eigenvalue weighted by molar-refractivity contribution is 5.62. The van der Waals surface area contributed by atoms with Crippen LogP contribution in [-0.4, -0.2) is 34.6 Å². The molecule has 0 saturated carbocycles. The van der Waals surface area contributed by atoms with E-state index in [9.17, 15) is 0 Å². The quantitative estimate of drug-likeness (QED) is 0.871. The third-order valence-corrected chi connectivity index (χ3v) is 4.58. The predicted molar refractivity (Wildman–Crippen MR) is 90.2 cm³/mol. The van der Waals surface area contributed by atoms with Crippen LogP contribution in [0.1, 0.15) is 35.8 Å². The molecule has 0 amide bonds. The van der Waals surface area contributed by atoms with E-state index in [1.807, 2.05) is 31.5 Å². The molecule has 0 N–H and O–H groups in total. The van der Waals surface area contributed by atoms with Gasteiger partial charge in [-0.25, -0.2) is 0 Å². The van der Waals surface area contributed by atoms with Crippen LogP contribution in [0.15, 0.2) is 42.2 Å². The minimum atomic E-state index is 0.375. The molecule has 1 fully saturated rings. The first-order valence-corrected chi connectivity index (χ1v) is 8.23. The van der Waals surface area contributed by atoms with Crippen LogP contribution in [-0.2, 0) is 0 Å². The Morgan fingerprint density at radius 1 is 1.26 bits per heavy atom. The second kappa shape index (κ2) is 6.13. The van der Waals surface area contributed by atoms with Gasteiger partial charge in [-0.05, 0) is 44.0 Å². The van der Waals surface area contributed by atoms with Crippen molar-refractivity contribution < 1.29 is 4.74 Å². The minimum absolute atomic E-state index is 0.375. The number of hydrogen-bond acceptors (Lipinski definition) is 4. The molecule has 1 aromatic carbocycles. The van der Waals surface area contributed by atoms with Crippen molar-refractivity contribution in [2.24, 2.45) is 0 Å². The Balaban J connectivity index is 1.53. The molecule has 1 saturated heterocycles. The number of hydrogen-bond donors (Lipinski definition) is 0. The number of likely N-dealkylation sites (tertiary alicyclic amines) is 1. The third kappa shape index (κ3) is 2.99. The summed E-state index contributed by atoms with van der Waals surface area (Å²) in [6, 6.07) is 8.60. The predicted octanol–water partition coefficient (Wildman–Crippen LogP) is 3.40. The maximum absolute atomic E-state index is 5.88. The second-order valence-corrected chi connectivity index (χ2v) is 6.34. The maximum atomic E-state index is 5.88. The van der Waals surface area contributed by atoms with E-state index < -0.39 is 0 Å². The lowest BCUT2D eigenvalue weighted by molar-refractivity contribution is 0.256. The summed E-state index contributed by atoms with van der Waals surface area (Å²) in [4.78, 5) is 11.5. The van der Waals surface area contributed by atoms with Crippen LogP contribution in [0.5, 0.6) is 5.75 Å². The van der Waals surface area contributed by atoms with E-state index in [4.69, 9.17) is 4.74 Å². The summed E-state index contributed by atoms with van der Waals surface area (Å²) >= 11 is 0. The van der Waals surface area contributed by atoms with Crippen molar-refractivity contribution in [2.75, 3.05) is 19.7 Å². The summed E-state index contributed by atoms with van der Waals surface area (Å²) in [6.07, 6.45) is 8.37. The molecule has 0 radical (unpaired) electrons. The Hall–Kier alpha value is -2.20. The number of aromatic nitrogens is 2. The molecular weight excluding hydrogens is 286 g/mol. The van der Waals surface area contributed by atoms with Gasteiger partial charge in [0.1, 0.15) is 12.4 Å². The Labute approximate surface area is 136 Å². The molecule has 118 valence electrons. The average Bonchev–Trinajstić information content (AvgIpc) is 3.03. The van der Waals surface area contributed by atoms with Crippen LogP contribution in [0.25, 0.3) is 6.08 Å². The van der Waals surface area contributed by atoms with Crippen LogP contribution in [0.3, 0.4) is 0 Å². The molecule has 2 aromatic rings. The minimum Gasteiger partial charge on any atom is -0.489 e. The van der Waals surface area contributed by atoms with Crippen molar-refractivity contribution in [1.29, 1.82) is 0 Å². The van der Waals surface area contributed by atoms with Gasteiger partial charge < -0.3 is 4.74 Å². The molecule has 23 heavy (non-hydrogen) atoms. The Kier molecular flexibility index (Phi) is 3.83. The van der Waals surface area contributed by atoms with Crippen molar-refractivity contribution >= 4 is 6.08 Å². The number of aryl methyl sites for hydroxylation is 1. The first-order chi connectivity index (χ1) is 11.3. The summed E-state index contributed by atoms with van der Waals surface area (Å²) in [7, 11) is 0. The van der Waals surface area contributed by atoms with Gasteiger partial charge in [0.05, 0.1) is 17.4 Å². The van der Waals surface area contributed by atoms with Crippen molar-refractivity contribution in [1.82, 2.24) is 14.9 Å². The molecule has 0 aliphatic carbocycles. The van der Waals surface area contributed by atoms with Crippen LogP contribution in [0.2, 0.25) is 0 Å². The lowest BCUT2D eigenvalue weighted by atomic mass is 10.1. The summed E-state index contributed by atoms with van der Waals surface area (Å²) < 4.78 is 5.88. The molecule has 0 bridgehead atoms. The summed E-state index contributed by atoms with van der Waals surface area (Å²) in [6.45, 7) is 4.73. The van der Waals surface area contributed by atoms with Crippen LogP contribution in [0, 0.1) is 6.92 Å². The number of para-hydroxylation sites is 1. The smallest absolute Gasteiger partial charge is 0.127 e. The fourth-order valence-corrected chi connectivity index (χ4v) is 3.51. The number of fused-ring (bicyclic) bond motifs is 1. The molecule has 4 rings (SSSR count). The van der Waals surface area contributed by atoms with E-state index in [-0.39, 0.29) is 0 Å². The molecular formula is C19H21N3O. The van der Waals surface area contributed by atoms with Gasteiger partial charge in [-0.1, -0.05) is 18.2 Å². The van der Waals surface area contributed by atoms with Crippen LogP contribution < -0.4 is 4.74 Å². The average molecular weight is 307 g/mol. The number of benzene rings is 1. The fourth-order valence-electron chi connectivity index (χ4n) is 3.51. The summed E-state index contributed by atoms with van der Waals surface area (Å²) in [5, 5.41) is 0. The summed E-state index contributed by atoms with van der Waals surface area (Å²) in [5.74, 6) is 0.985. The van der Waals surface area contributed by atoms with E-state index in [1.54, 1.807) is 0 Å². The number of nitrogens with zero attached hydrogens (tertiary/aromatic N) is 3. The molecule has 4 nitrogen and oxygen atoms in total. The van der Waals surface area contributed by atoms with E-state index in [0.29, 0.717) is 12.6 Å². The largest absolute Gasteiger partial charge is 0.489 e. The highest BCUT2D eigenvalue weighted by atomic mass is 16.5. The molecule has 4 heteroatoms. The lowest BCUT2D eigenvalue weighted by Crippen LogP contribution is -2.28. The highest BCUT2D eigenvalue weighted by Crippen LogP contribution is 2.33. The zero-order valence-corrected chi connectivity index (χ0v) is 13.4. The molecule has 2 aliphatic rings. The van der Waals surface area contributed by atoms with Gasteiger partial charge in [0.15, 0.2) is 0 Å². The Morgan fingerprint density at radius 3 is 3.09 bits per heavy atom. The fraction of sp³-hybridized carbons (Fsp3) is 0.368. The van der Waals surface area contributed by atoms with Gasteiger partial charge in [0, 0.05) is 24.5 Å². The zero-order chi connectivity index (χ0) is 15.6. The normalized spacial score (nSPS) is 20.7. The Morgan fingerprint density at radius 2 is 2.17 bits per heavy atom. The van der Waals surface area contributed by atoms with Crippen molar-refractivity contribution in [2.45, 2.75) is 25.8 Å². The molecule has 3 heterocycles. The zero-order valence-electron chi connectivity index (χ0n) is 13.4. The standard InChI is InChI=1S/C19H21N3O/c1-14-10-20-11-17(21-14)18-6-4-8-22(18)12-15-9-16-5-2-3-7-19(16)23-13-15/h2-3,5,7,9-11,18H,4,6,8,12-13H2,1H3/t18-/m0/s1. The lowest BCUT2D eigenvalue weighted by Gasteiger charge is -2.27. The first kappa shape index (κ1) is 14.4. The van der Waals surface area contributed by atoms with Gasteiger partial charge in [0.25, 0.3) is 0 Å². The van der Waals surface area contributed by atoms with Crippen LogP contribution >= 0.6 is 0 Å². The molecule has 2 aliphatic heterocycles. The van der Waals surface area contributed by atoms with Crippen molar-refractivity contribution in [3.05, 3.63) is 59.2 Å². The molecule has 1 atom stereocenters. The second-order valence-electron chi connectivity index (χ2n) is 6.34. The Bertz CT molecular complexity index is 741. The summed E-state index contributed by atoms with van der Waals surface area (Å²) in [5.41, 5.74) is 4.60. The maximum Gasteiger partial charge on any atom is 0.127 e. The van der Waals surface area contributed by atoms with Gasteiger partial charge in [-0.15, -0.1) is 0 Å². The van der Waals surface area contributed by atoms with Crippen molar-refractivity contribution in [3.63, 3.8) is 0 Å². The van der Waals surface area contributed by atoms with E-state index in [0.717, 1.165) is 36.6 Å². The topological polar surface area (TPSA) is 38.2 Å². The van der Waals surface area contributed by atoms with Gasteiger partial charge in [-0.3, -0.25) is 14.9 Å². The highest BCUT2D eigenvalue weighted by Gasteiger charge is 2.28. The van der Waals surface area contributed by atoms with Gasteiger partial charge in [-0.2, -0.15) is 0 Å². The number of rotatable bonds is 3. The SMILES string of the molecule is Cc1cncc([C@@H]2CCCN2CC2=Cc3ccccc3OC2)n1. The first-order valence-electron chi connectivity index (χ1n) is 8.23. The third-order valence-electron chi connectivity index (χ3n) is 4.58. The molecule has 0 unspecified atom stereocenters. The monoisotopic (exact) mass is 307 g/mol. The van der Waals surface area contributed by atoms with Gasteiger partial charge >= 0.3 is 0 Å².